The summed E-state index contributed by atoms with van der Waals surface area (Å²) in [5.74, 6) is 1.48. The van der Waals surface area contributed by atoms with Crippen LogP contribution in [0.1, 0.15) is 27.0 Å². The molecule has 0 spiro atoms. The second-order valence-electron chi connectivity index (χ2n) is 8.86. The van der Waals surface area contributed by atoms with E-state index in [1.807, 2.05) is 140 Å². The molecule has 0 radical (unpaired) electrons. The van der Waals surface area contributed by atoms with Crippen LogP contribution in [0, 0.1) is 0 Å². The van der Waals surface area contributed by atoms with E-state index in [1.54, 1.807) is 6.08 Å². The maximum atomic E-state index is 12.9. The molecule has 0 aliphatic rings. The fraction of sp³-hybridized carbons (Fsp3) is 0.0571. The van der Waals surface area contributed by atoms with E-state index in [-0.39, 0.29) is 5.78 Å². The Balaban J connectivity index is 1.26. The third kappa shape index (κ3) is 6.45. The Bertz CT molecular complexity index is 1500. The summed E-state index contributed by atoms with van der Waals surface area (Å²) in [6.07, 6.45) is 3.40. The number of ether oxygens (including phenoxy) is 2. The van der Waals surface area contributed by atoms with Crippen molar-refractivity contribution >= 4 is 11.9 Å². The standard InChI is InChI=1S/C35H28O3/c36-33(24-23-31-15-7-9-17-34(31)37-25-27-11-3-1-4-12-27)30-21-19-29(20-22-30)32-16-8-10-18-35(32)38-26-28-13-5-2-6-14-28/h1-24H,25-26H2. The zero-order valence-corrected chi connectivity index (χ0v) is 21.0. The lowest BCUT2D eigenvalue weighted by atomic mass is 10.0. The van der Waals surface area contributed by atoms with Gasteiger partial charge < -0.3 is 9.47 Å². The molecule has 0 saturated carbocycles. The molecular formula is C35H28O3. The Hall–Kier alpha value is -4.89. The highest BCUT2D eigenvalue weighted by Crippen LogP contribution is 2.31. The summed E-state index contributed by atoms with van der Waals surface area (Å²) in [7, 11) is 0. The van der Waals surface area contributed by atoms with Crippen molar-refractivity contribution in [3.8, 4) is 22.6 Å². The molecule has 0 aromatic heterocycles. The third-order valence-corrected chi connectivity index (χ3v) is 6.18. The van der Waals surface area contributed by atoms with Crippen LogP contribution < -0.4 is 9.47 Å². The molecule has 0 aliphatic heterocycles. The number of hydrogen-bond acceptors (Lipinski definition) is 3. The van der Waals surface area contributed by atoms with Crippen LogP contribution in [0.3, 0.4) is 0 Å². The number of para-hydroxylation sites is 2. The van der Waals surface area contributed by atoms with E-state index in [9.17, 15) is 4.79 Å². The van der Waals surface area contributed by atoms with Crippen LogP contribution in [0.2, 0.25) is 0 Å². The minimum absolute atomic E-state index is 0.0666. The van der Waals surface area contributed by atoms with Gasteiger partial charge in [-0.1, -0.05) is 121 Å². The number of rotatable bonds is 10. The van der Waals surface area contributed by atoms with E-state index in [1.165, 1.54) is 0 Å². The summed E-state index contributed by atoms with van der Waals surface area (Å²) in [6.45, 7) is 0.966. The van der Waals surface area contributed by atoms with Crippen LogP contribution in [0.15, 0.2) is 140 Å². The van der Waals surface area contributed by atoms with Crippen molar-refractivity contribution in [2.24, 2.45) is 0 Å². The molecule has 0 unspecified atom stereocenters. The maximum Gasteiger partial charge on any atom is 0.185 e. The number of carbonyl (C=O) groups is 1. The van der Waals surface area contributed by atoms with Crippen molar-refractivity contribution in [1.29, 1.82) is 0 Å². The minimum Gasteiger partial charge on any atom is -0.488 e. The average molecular weight is 497 g/mol. The number of allylic oxidation sites excluding steroid dienone is 1. The maximum absolute atomic E-state index is 12.9. The monoisotopic (exact) mass is 496 g/mol. The first-order chi connectivity index (χ1) is 18.8. The van der Waals surface area contributed by atoms with Gasteiger partial charge in [-0.05, 0) is 41.0 Å². The first kappa shape index (κ1) is 24.8. The Labute approximate surface area is 223 Å². The van der Waals surface area contributed by atoms with Gasteiger partial charge in [0.05, 0.1) is 0 Å². The highest BCUT2D eigenvalue weighted by Gasteiger charge is 2.09. The minimum atomic E-state index is -0.0666. The lowest BCUT2D eigenvalue weighted by molar-refractivity contribution is 0.104. The zero-order chi connectivity index (χ0) is 26.0. The molecule has 0 bridgehead atoms. The molecule has 5 rings (SSSR count). The highest BCUT2D eigenvalue weighted by molar-refractivity contribution is 6.07. The van der Waals surface area contributed by atoms with Gasteiger partial charge in [0, 0.05) is 16.7 Å². The molecule has 0 fully saturated rings. The summed E-state index contributed by atoms with van der Waals surface area (Å²) in [4.78, 5) is 12.9. The van der Waals surface area contributed by atoms with Gasteiger partial charge in [-0.25, -0.2) is 0 Å². The molecule has 5 aromatic rings. The van der Waals surface area contributed by atoms with Crippen molar-refractivity contribution in [3.63, 3.8) is 0 Å². The molecule has 0 amide bonds. The van der Waals surface area contributed by atoms with Crippen LogP contribution in [0.5, 0.6) is 11.5 Å². The summed E-state index contributed by atoms with van der Waals surface area (Å²) in [5, 5.41) is 0. The lowest BCUT2D eigenvalue weighted by Crippen LogP contribution is -1.98. The topological polar surface area (TPSA) is 35.5 Å². The van der Waals surface area contributed by atoms with Crippen molar-refractivity contribution < 1.29 is 14.3 Å². The molecule has 0 aliphatic carbocycles. The van der Waals surface area contributed by atoms with Crippen LogP contribution in [-0.2, 0) is 13.2 Å². The predicted molar refractivity (Wildman–Crippen MR) is 153 cm³/mol. The second kappa shape index (κ2) is 12.4. The normalized spacial score (nSPS) is 10.8. The van der Waals surface area contributed by atoms with Gasteiger partial charge in [0.25, 0.3) is 0 Å². The van der Waals surface area contributed by atoms with Crippen LogP contribution >= 0.6 is 0 Å². The Morgan fingerprint density at radius 1 is 0.553 bits per heavy atom. The Kier molecular flexibility index (Phi) is 8.07. The van der Waals surface area contributed by atoms with Crippen LogP contribution in [-0.4, -0.2) is 5.78 Å². The van der Waals surface area contributed by atoms with Gasteiger partial charge in [-0.2, -0.15) is 0 Å². The summed E-state index contributed by atoms with van der Waals surface area (Å²) < 4.78 is 12.1. The molecule has 186 valence electrons. The molecule has 0 atom stereocenters. The van der Waals surface area contributed by atoms with Crippen LogP contribution in [0.25, 0.3) is 17.2 Å². The quantitative estimate of drug-likeness (QED) is 0.144. The Morgan fingerprint density at radius 2 is 1.08 bits per heavy atom. The second-order valence-corrected chi connectivity index (χ2v) is 8.86. The summed E-state index contributed by atoms with van der Waals surface area (Å²) in [5.41, 5.74) is 5.67. The molecule has 3 nitrogen and oxygen atoms in total. The molecule has 5 aromatic carbocycles. The van der Waals surface area contributed by atoms with Gasteiger partial charge in [0.1, 0.15) is 24.7 Å². The number of carbonyl (C=O) groups excluding carboxylic acids is 1. The van der Waals surface area contributed by atoms with Gasteiger partial charge in [-0.15, -0.1) is 0 Å². The zero-order valence-electron chi connectivity index (χ0n) is 21.0. The molecule has 0 heterocycles. The molecule has 3 heteroatoms. The van der Waals surface area contributed by atoms with Gasteiger partial charge >= 0.3 is 0 Å². The first-order valence-electron chi connectivity index (χ1n) is 12.6. The fourth-order valence-electron chi connectivity index (χ4n) is 4.13. The van der Waals surface area contributed by atoms with E-state index >= 15 is 0 Å². The van der Waals surface area contributed by atoms with E-state index in [2.05, 4.69) is 0 Å². The smallest absolute Gasteiger partial charge is 0.185 e. The molecule has 38 heavy (non-hydrogen) atoms. The first-order valence-corrected chi connectivity index (χ1v) is 12.6. The van der Waals surface area contributed by atoms with E-state index < -0.39 is 0 Å². The van der Waals surface area contributed by atoms with Gasteiger partial charge in [0.15, 0.2) is 5.78 Å². The molecular weight excluding hydrogens is 468 g/mol. The lowest BCUT2D eigenvalue weighted by Gasteiger charge is -2.12. The third-order valence-electron chi connectivity index (χ3n) is 6.18. The molecule has 0 saturated heterocycles. The Morgan fingerprint density at radius 3 is 1.74 bits per heavy atom. The van der Waals surface area contributed by atoms with Crippen molar-refractivity contribution in [1.82, 2.24) is 0 Å². The fourth-order valence-corrected chi connectivity index (χ4v) is 4.13. The number of benzene rings is 5. The largest absolute Gasteiger partial charge is 0.488 e. The van der Waals surface area contributed by atoms with Crippen molar-refractivity contribution in [2.45, 2.75) is 13.2 Å². The summed E-state index contributed by atoms with van der Waals surface area (Å²) >= 11 is 0. The predicted octanol–water partition coefficient (Wildman–Crippen LogP) is 8.41. The number of hydrogen-bond donors (Lipinski definition) is 0. The van der Waals surface area contributed by atoms with Crippen molar-refractivity contribution in [3.05, 3.63) is 162 Å². The van der Waals surface area contributed by atoms with E-state index in [0.29, 0.717) is 18.8 Å². The number of ketones is 1. The van der Waals surface area contributed by atoms with Gasteiger partial charge in [-0.3, -0.25) is 4.79 Å². The average Bonchev–Trinajstić information content (AvgIpc) is 2.99. The van der Waals surface area contributed by atoms with Crippen molar-refractivity contribution in [2.75, 3.05) is 0 Å². The van der Waals surface area contributed by atoms with Crippen LogP contribution in [0.4, 0.5) is 0 Å². The summed E-state index contributed by atoms with van der Waals surface area (Å²) in [6, 6.07) is 43.4. The van der Waals surface area contributed by atoms with E-state index in [0.717, 1.165) is 39.3 Å². The van der Waals surface area contributed by atoms with Gasteiger partial charge in [0.2, 0.25) is 0 Å². The van der Waals surface area contributed by atoms with E-state index in [4.69, 9.17) is 9.47 Å². The molecule has 0 N–H and O–H groups in total. The highest BCUT2D eigenvalue weighted by atomic mass is 16.5. The SMILES string of the molecule is O=C(C=Cc1ccccc1OCc1ccccc1)c1ccc(-c2ccccc2OCc2ccccc2)cc1.